The van der Waals surface area contributed by atoms with Gasteiger partial charge in [0.25, 0.3) is 0 Å². The monoisotopic (exact) mass is 272 g/mol. The molecule has 0 saturated heterocycles. The minimum Gasteiger partial charge on any atom is -0.459 e. The minimum absolute atomic E-state index is 0.165. The summed E-state index contributed by atoms with van der Waals surface area (Å²) in [6.07, 6.45) is 1.90. The van der Waals surface area contributed by atoms with Crippen LogP contribution in [0.25, 0.3) is 11.0 Å². The maximum atomic E-state index is 5.91. The van der Waals surface area contributed by atoms with E-state index in [2.05, 4.69) is 42.9 Å². The number of thiazole rings is 1. The van der Waals surface area contributed by atoms with E-state index in [1.165, 1.54) is 4.88 Å². The van der Waals surface area contributed by atoms with Crippen molar-refractivity contribution in [3.8, 4) is 0 Å². The maximum absolute atomic E-state index is 5.91. The zero-order valence-electron chi connectivity index (χ0n) is 11.3. The summed E-state index contributed by atoms with van der Waals surface area (Å²) in [6, 6.07) is 10.4. The highest BCUT2D eigenvalue weighted by Crippen LogP contribution is 2.31. The molecule has 0 bridgehead atoms. The Morgan fingerprint density at radius 3 is 2.79 bits per heavy atom. The van der Waals surface area contributed by atoms with E-state index in [1.54, 1.807) is 11.3 Å². The number of rotatable bonds is 3. The zero-order valence-corrected chi connectivity index (χ0v) is 12.1. The van der Waals surface area contributed by atoms with E-state index < -0.39 is 0 Å². The Morgan fingerprint density at radius 2 is 2.11 bits per heavy atom. The molecular weight excluding hydrogens is 256 g/mol. The van der Waals surface area contributed by atoms with Crippen LogP contribution in [0.5, 0.6) is 0 Å². The van der Waals surface area contributed by atoms with Crippen molar-refractivity contribution in [3.63, 3.8) is 0 Å². The Kier molecular flexibility index (Phi) is 3.03. The predicted octanol–water partition coefficient (Wildman–Crippen LogP) is 4.40. The first-order valence-electron chi connectivity index (χ1n) is 6.29. The van der Waals surface area contributed by atoms with Crippen LogP contribution in [0, 0.1) is 6.92 Å². The first-order chi connectivity index (χ1) is 9.15. The molecule has 0 saturated carbocycles. The van der Waals surface area contributed by atoms with Gasteiger partial charge in [-0.2, -0.15) is 0 Å². The van der Waals surface area contributed by atoms with Crippen molar-refractivity contribution in [1.82, 2.24) is 4.98 Å². The number of aromatic nitrogens is 1. The number of nitrogens with zero attached hydrogens (tertiary/aromatic N) is 2. The second kappa shape index (κ2) is 4.70. The molecule has 3 rings (SSSR count). The molecule has 0 aliphatic rings. The summed E-state index contributed by atoms with van der Waals surface area (Å²) in [5.41, 5.74) is 0.938. The van der Waals surface area contributed by atoms with Gasteiger partial charge in [0.2, 0.25) is 0 Å². The number of hydrogen-bond donors (Lipinski definition) is 0. The topological polar surface area (TPSA) is 29.3 Å². The molecule has 0 spiro atoms. The highest BCUT2D eigenvalue weighted by molar-refractivity contribution is 7.15. The van der Waals surface area contributed by atoms with Crippen LogP contribution in [0.3, 0.4) is 0 Å². The summed E-state index contributed by atoms with van der Waals surface area (Å²) >= 11 is 1.70. The van der Waals surface area contributed by atoms with Gasteiger partial charge in [-0.3, -0.25) is 0 Å². The normalized spacial score (nSPS) is 12.8. The Balaban J connectivity index is 1.92. The van der Waals surface area contributed by atoms with Crippen molar-refractivity contribution in [2.45, 2.75) is 19.9 Å². The number of anilines is 1. The summed E-state index contributed by atoms with van der Waals surface area (Å²) in [7, 11) is 2.05. The SMILES string of the molecule is Cc1cnc(N(C)C(C)c2cc3ccccc3o2)s1. The van der Waals surface area contributed by atoms with Gasteiger partial charge in [0.15, 0.2) is 5.13 Å². The van der Waals surface area contributed by atoms with Gasteiger partial charge >= 0.3 is 0 Å². The number of furan rings is 1. The van der Waals surface area contributed by atoms with Gasteiger partial charge < -0.3 is 9.32 Å². The average Bonchev–Trinajstić information content (AvgIpc) is 3.02. The second-order valence-corrected chi connectivity index (χ2v) is 5.94. The molecule has 3 aromatic rings. The molecule has 0 aliphatic heterocycles. The molecule has 2 aromatic heterocycles. The van der Waals surface area contributed by atoms with Gasteiger partial charge in [-0.1, -0.05) is 18.2 Å². The predicted molar refractivity (Wildman–Crippen MR) is 79.9 cm³/mol. The van der Waals surface area contributed by atoms with Crippen LogP contribution in [0.4, 0.5) is 5.13 Å². The summed E-state index contributed by atoms with van der Waals surface area (Å²) in [5, 5.41) is 2.17. The Hall–Kier alpha value is -1.81. The molecule has 1 unspecified atom stereocenters. The average molecular weight is 272 g/mol. The fourth-order valence-electron chi connectivity index (χ4n) is 2.07. The third-order valence-electron chi connectivity index (χ3n) is 3.35. The van der Waals surface area contributed by atoms with Crippen LogP contribution in [-0.2, 0) is 0 Å². The molecule has 19 heavy (non-hydrogen) atoms. The summed E-state index contributed by atoms with van der Waals surface area (Å²) in [5.74, 6) is 0.969. The van der Waals surface area contributed by atoms with Gasteiger partial charge in [-0.05, 0) is 26.0 Å². The van der Waals surface area contributed by atoms with Gasteiger partial charge in [0.1, 0.15) is 11.3 Å². The second-order valence-electron chi connectivity index (χ2n) is 4.73. The van der Waals surface area contributed by atoms with Gasteiger partial charge in [0.05, 0.1) is 6.04 Å². The Morgan fingerprint density at radius 1 is 1.32 bits per heavy atom. The van der Waals surface area contributed by atoms with E-state index in [4.69, 9.17) is 4.42 Å². The molecule has 1 atom stereocenters. The molecule has 2 heterocycles. The van der Waals surface area contributed by atoms with E-state index >= 15 is 0 Å². The van der Waals surface area contributed by atoms with Crippen LogP contribution in [0.1, 0.15) is 23.6 Å². The molecule has 0 aliphatic carbocycles. The number of benzene rings is 1. The number of fused-ring (bicyclic) bond motifs is 1. The summed E-state index contributed by atoms with van der Waals surface area (Å²) < 4.78 is 5.91. The number of hydrogen-bond acceptors (Lipinski definition) is 4. The van der Waals surface area contributed by atoms with Crippen LogP contribution in [0.15, 0.2) is 40.9 Å². The van der Waals surface area contributed by atoms with Crippen molar-refractivity contribution in [3.05, 3.63) is 47.2 Å². The molecular formula is C15H16N2OS. The molecule has 0 radical (unpaired) electrons. The Bertz CT molecular complexity index is 668. The molecule has 1 aromatic carbocycles. The molecule has 3 nitrogen and oxygen atoms in total. The number of para-hydroxylation sites is 1. The maximum Gasteiger partial charge on any atom is 0.185 e. The molecule has 0 N–H and O–H groups in total. The van der Waals surface area contributed by atoms with E-state index in [9.17, 15) is 0 Å². The lowest BCUT2D eigenvalue weighted by molar-refractivity contribution is 0.502. The fraction of sp³-hybridized carbons (Fsp3) is 0.267. The Labute approximate surface area is 116 Å². The largest absolute Gasteiger partial charge is 0.459 e. The van der Waals surface area contributed by atoms with Crippen molar-refractivity contribution in [2.75, 3.05) is 11.9 Å². The van der Waals surface area contributed by atoms with Crippen molar-refractivity contribution < 1.29 is 4.42 Å². The van der Waals surface area contributed by atoms with Gasteiger partial charge in [-0.15, -0.1) is 11.3 Å². The highest BCUT2D eigenvalue weighted by Gasteiger charge is 2.18. The standard InChI is InChI=1S/C15H16N2OS/c1-10-9-16-15(19-10)17(3)11(2)14-8-12-6-4-5-7-13(12)18-14/h4-9,11H,1-3H3. The van der Waals surface area contributed by atoms with Crippen LogP contribution >= 0.6 is 11.3 Å². The zero-order chi connectivity index (χ0) is 13.4. The summed E-state index contributed by atoms with van der Waals surface area (Å²) in [6.45, 7) is 4.20. The first kappa shape index (κ1) is 12.2. The van der Waals surface area contributed by atoms with Crippen molar-refractivity contribution in [1.29, 1.82) is 0 Å². The summed E-state index contributed by atoms with van der Waals surface area (Å²) in [4.78, 5) is 7.79. The van der Waals surface area contributed by atoms with E-state index in [0.717, 1.165) is 21.9 Å². The first-order valence-corrected chi connectivity index (χ1v) is 7.10. The smallest absolute Gasteiger partial charge is 0.185 e. The molecule has 0 amide bonds. The van der Waals surface area contributed by atoms with Crippen LogP contribution < -0.4 is 4.90 Å². The lowest BCUT2D eigenvalue weighted by Crippen LogP contribution is -2.20. The lowest BCUT2D eigenvalue weighted by Gasteiger charge is -2.22. The third kappa shape index (κ3) is 2.24. The van der Waals surface area contributed by atoms with E-state index in [-0.39, 0.29) is 6.04 Å². The van der Waals surface area contributed by atoms with Crippen molar-refractivity contribution in [2.24, 2.45) is 0 Å². The van der Waals surface area contributed by atoms with Gasteiger partial charge in [0, 0.05) is 23.5 Å². The van der Waals surface area contributed by atoms with Crippen LogP contribution in [-0.4, -0.2) is 12.0 Å². The van der Waals surface area contributed by atoms with Crippen molar-refractivity contribution >= 4 is 27.4 Å². The van der Waals surface area contributed by atoms with E-state index in [1.807, 2.05) is 24.4 Å². The molecule has 4 heteroatoms. The fourth-order valence-corrected chi connectivity index (χ4v) is 2.87. The minimum atomic E-state index is 0.165. The van der Waals surface area contributed by atoms with E-state index in [0.29, 0.717) is 0 Å². The molecule has 0 fully saturated rings. The van der Waals surface area contributed by atoms with Crippen LogP contribution in [0.2, 0.25) is 0 Å². The lowest BCUT2D eigenvalue weighted by atomic mass is 10.2. The quantitative estimate of drug-likeness (QED) is 0.708. The van der Waals surface area contributed by atoms with Gasteiger partial charge in [-0.25, -0.2) is 4.98 Å². The third-order valence-corrected chi connectivity index (χ3v) is 4.35. The highest BCUT2D eigenvalue weighted by atomic mass is 32.1. The molecule has 98 valence electrons. The number of aryl methyl sites for hydroxylation is 1.